The van der Waals surface area contributed by atoms with Gasteiger partial charge < -0.3 is 4.43 Å². The van der Waals surface area contributed by atoms with E-state index in [-0.39, 0.29) is 0 Å². The average molecular weight is 268 g/mol. The highest BCUT2D eigenvalue weighted by Gasteiger charge is 2.48. The van der Waals surface area contributed by atoms with E-state index < -0.39 is 8.32 Å². The summed E-state index contributed by atoms with van der Waals surface area (Å²) in [5.74, 6) is 0.632. The molecule has 0 radical (unpaired) electrons. The van der Waals surface area contributed by atoms with Gasteiger partial charge >= 0.3 is 0 Å². The van der Waals surface area contributed by atoms with Crippen LogP contribution in [0.2, 0.25) is 6.04 Å². The maximum absolute atomic E-state index is 6.57. The van der Waals surface area contributed by atoms with Crippen molar-refractivity contribution in [3.63, 3.8) is 0 Å². The van der Waals surface area contributed by atoms with Crippen LogP contribution in [0.1, 0.15) is 13.8 Å². The molecule has 2 atom stereocenters. The van der Waals surface area contributed by atoms with Crippen LogP contribution in [0.3, 0.4) is 0 Å². The molecule has 1 nitrogen and oxygen atoms in total. The molecule has 0 spiro atoms. The standard InChI is InChI=1S/C17H20OSi/c1-14-13-19(18-15(14)2,16-9-5-3-6-10-16)17-11-7-4-8-12-17/h3-12,14-15H,13H2,1-2H3/t14-,15+/m1/s1. The minimum atomic E-state index is -2.01. The second kappa shape index (κ2) is 4.95. The fourth-order valence-electron chi connectivity index (χ4n) is 3.05. The van der Waals surface area contributed by atoms with Gasteiger partial charge in [-0.2, -0.15) is 0 Å². The van der Waals surface area contributed by atoms with Crippen molar-refractivity contribution in [3.05, 3.63) is 60.7 Å². The first-order chi connectivity index (χ1) is 9.22. The molecule has 1 aliphatic rings. The van der Waals surface area contributed by atoms with Crippen LogP contribution in [0.4, 0.5) is 0 Å². The van der Waals surface area contributed by atoms with Crippen LogP contribution in [0.15, 0.2) is 60.7 Å². The maximum Gasteiger partial charge on any atom is 0.256 e. The lowest BCUT2D eigenvalue weighted by molar-refractivity contribution is 0.211. The average Bonchev–Trinajstić information content (AvgIpc) is 2.78. The van der Waals surface area contributed by atoms with E-state index in [0.29, 0.717) is 12.0 Å². The van der Waals surface area contributed by atoms with Gasteiger partial charge in [-0.1, -0.05) is 67.6 Å². The maximum atomic E-state index is 6.57. The number of rotatable bonds is 2. The van der Waals surface area contributed by atoms with E-state index >= 15 is 0 Å². The van der Waals surface area contributed by atoms with Crippen molar-refractivity contribution >= 4 is 18.7 Å². The summed E-state index contributed by atoms with van der Waals surface area (Å²) < 4.78 is 6.57. The second-order valence-corrected chi connectivity index (χ2v) is 9.02. The lowest BCUT2D eigenvalue weighted by atomic mass is 10.1. The van der Waals surface area contributed by atoms with E-state index in [1.165, 1.54) is 16.4 Å². The molecule has 0 saturated carbocycles. The Labute approximate surface area is 116 Å². The van der Waals surface area contributed by atoms with Crippen molar-refractivity contribution in [2.75, 3.05) is 0 Å². The van der Waals surface area contributed by atoms with Crippen molar-refractivity contribution in [1.82, 2.24) is 0 Å². The Hall–Kier alpha value is -1.38. The summed E-state index contributed by atoms with van der Waals surface area (Å²) in [5, 5.41) is 2.80. The van der Waals surface area contributed by atoms with Crippen LogP contribution in [0.5, 0.6) is 0 Å². The van der Waals surface area contributed by atoms with Gasteiger partial charge in [-0.15, -0.1) is 0 Å². The first-order valence-electron chi connectivity index (χ1n) is 7.01. The van der Waals surface area contributed by atoms with Gasteiger partial charge in [-0.05, 0) is 29.3 Å². The van der Waals surface area contributed by atoms with Crippen molar-refractivity contribution in [3.8, 4) is 0 Å². The molecule has 0 unspecified atom stereocenters. The fraction of sp³-hybridized carbons (Fsp3) is 0.294. The Morgan fingerprint density at radius 3 is 1.68 bits per heavy atom. The van der Waals surface area contributed by atoms with E-state index in [9.17, 15) is 0 Å². The summed E-state index contributed by atoms with van der Waals surface area (Å²) in [6.07, 6.45) is 0.354. The Kier molecular flexibility index (Phi) is 3.29. The van der Waals surface area contributed by atoms with Gasteiger partial charge in [0.25, 0.3) is 8.32 Å². The molecule has 0 aliphatic carbocycles. The zero-order valence-corrected chi connectivity index (χ0v) is 12.5. The molecule has 0 bridgehead atoms. The summed E-state index contributed by atoms with van der Waals surface area (Å²) in [6, 6.07) is 22.8. The zero-order chi connectivity index (χ0) is 13.3. The Bertz CT molecular complexity index is 486. The van der Waals surface area contributed by atoms with Crippen molar-refractivity contribution in [2.24, 2.45) is 5.92 Å². The number of benzene rings is 2. The summed E-state index contributed by atoms with van der Waals surface area (Å²) in [6.45, 7) is 4.52. The molecule has 2 heteroatoms. The van der Waals surface area contributed by atoms with Crippen LogP contribution < -0.4 is 10.4 Å². The monoisotopic (exact) mass is 268 g/mol. The summed E-state index contributed by atoms with van der Waals surface area (Å²) in [5.41, 5.74) is 0. The topological polar surface area (TPSA) is 9.23 Å². The van der Waals surface area contributed by atoms with E-state index in [4.69, 9.17) is 4.43 Å². The predicted octanol–water partition coefficient (Wildman–Crippen LogP) is 2.80. The van der Waals surface area contributed by atoms with Crippen molar-refractivity contribution in [2.45, 2.75) is 26.0 Å². The molecule has 0 amide bonds. The molecule has 1 saturated heterocycles. The first-order valence-corrected chi connectivity index (χ1v) is 9.13. The highest BCUT2D eigenvalue weighted by Crippen LogP contribution is 2.32. The van der Waals surface area contributed by atoms with Gasteiger partial charge in [0.1, 0.15) is 0 Å². The molecule has 0 N–H and O–H groups in total. The fourth-order valence-corrected chi connectivity index (χ4v) is 7.79. The van der Waals surface area contributed by atoms with Crippen molar-refractivity contribution < 1.29 is 4.43 Å². The molecule has 3 rings (SSSR count). The Morgan fingerprint density at radius 2 is 1.32 bits per heavy atom. The quantitative estimate of drug-likeness (QED) is 0.761. The van der Waals surface area contributed by atoms with Gasteiger partial charge in [0.2, 0.25) is 0 Å². The van der Waals surface area contributed by atoms with Crippen molar-refractivity contribution in [1.29, 1.82) is 0 Å². The van der Waals surface area contributed by atoms with Gasteiger partial charge in [0.15, 0.2) is 0 Å². The van der Waals surface area contributed by atoms with Gasteiger partial charge in [-0.25, -0.2) is 0 Å². The third-order valence-corrected chi connectivity index (χ3v) is 8.80. The van der Waals surface area contributed by atoms with Crippen LogP contribution in [0.25, 0.3) is 0 Å². The molecule has 19 heavy (non-hydrogen) atoms. The van der Waals surface area contributed by atoms with E-state index in [1.807, 2.05) is 0 Å². The smallest absolute Gasteiger partial charge is 0.256 e. The Balaban J connectivity index is 2.13. The zero-order valence-electron chi connectivity index (χ0n) is 11.5. The van der Waals surface area contributed by atoms with Gasteiger partial charge in [0.05, 0.1) is 0 Å². The molecule has 0 aromatic heterocycles. The lowest BCUT2D eigenvalue weighted by Gasteiger charge is -2.27. The third kappa shape index (κ3) is 2.15. The van der Waals surface area contributed by atoms with Gasteiger partial charge in [0, 0.05) is 6.10 Å². The minimum Gasteiger partial charge on any atom is -0.405 e. The number of hydrogen-bond acceptors (Lipinski definition) is 1. The van der Waals surface area contributed by atoms with E-state index in [1.54, 1.807) is 0 Å². The molecular formula is C17H20OSi. The number of hydrogen-bond donors (Lipinski definition) is 0. The summed E-state index contributed by atoms with van der Waals surface area (Å²) in [7, 11) is -2.01. The predicted molar refractivity (Wildman–Crippen MR) is 82.4 cm³/mol. The van der Waals surface area contributed by atoms with Crippen LogP contribution in [-0.4, -0.2) is 14.4 Å². The highest BCUT2D eigenvalue weighted by molar-refractivity contribution is 6.98. The molecule has 1 heterocycles. The normalized spacial score (nSPS) is 25.4. The molecular weight excluding hydrogens is 248 g/mol. The lowest BCUT2D eigenvalue weighted by Crippen LogP contribution is -2.58. The van der Waals surface area contributed by atoms with Crippen LogP contribution in [0, 0.1) is 5.92 Å². The SMILES string of the molecule is C[C@@H]1C[Si](c2ccccc2)(c2ccccc2)O[C@H]1C. The molecule has 98 valence electrons. The molecule has 1 fully saturated rings. The summed E-state index contributed by atoms with van der Waals surface area (Å²) in [4.78, 5) is 0. The minimum absolute atomic E-state index is 0.354. The molecule has 2 aromatic rings. The Morgan fingerprint density at radius 1 is 0.842 bits per heavy atom. The molecule has 1 aliphatic heterocycles. The van der Waals surface area contributed by atoms with Crippen LogP contribution >= 0.6 is 0 Å². The first kappa shape index (κ1) is 12.6. The van der Waals surface area contributed by atoms with Crippen LogP contribution in [-0.2, 0) is 4.43 Å². The summed E-state index contributed by atoms with van der Waals surface area (Å²) >= 11 is 0. The second-order valence-electron chi connectivity index (χ2n) is 5.56. The van der Waals surface area contributed by atoms with E-state index in [0.717, 1.165) is 0 Å². The third-order valence-electron chi connectivity index (χ3n) is 4.28. The largest absolute Gasteiger partial charge is 0.405 e. The van der Waals surface area contributed by atoms with E-state index in [2.05, 4.69) is 74.5 Å². The molecule has 2 aromatic carbocycles. The van der Waals surface area contributed by atoms with Gasteiger partial charge in [-0.3, -0.25) is 0 Å². The highest BCUT2D eigenvalue weighted by atomic mass is 28.4.